The number of rotatable bonds is 5. The van der Waals surface area contributed by atoms with Crippen LogP contribution in [-0.4, -0.2) is 25.0 Å². The van der Waals surface area contributed by atoms with Crippen LogP contribution in [0.25, 0.3) is 0 Å². The molecule has 2 aromatic rings. The van der Waals surface area contributed by atoms with Crippen LogP contribution in [0.1, 0.15) is 19.2 Å². The summed E-state index contributed by atoms with van der Waals surface area (Å²) in [6.45, 7) is 2.93. The van der Waals surface area contributed by atoms with Crippen molar-refractivity contribution in [3.05, 3.63) is 33.7 Å². The molecule has 0 radical (unpaired) electrons. The highest BCUT2D eigenvalue weighted by atomic mass is 35.5. The normalized spacial score (nSPS) is 10.6. The van der Waals surface area contributed by atoms with Crippen LogP contribution in [-0.2, 0) is 13.1 Å². The van der Waals surface area contributed by atoms with E-state index >= 15 is 0 Å². The van der Waals surface area contributed by atoms with Gasteiger partial charge in [0.2, 0.25) is 0 Å². The van der Waals surface area contributed by atoms with Crippen molar-refractivity contribution >= 4 is 17.3 Å². The molecule has 0 fully saturated rings. The molecule has 2 N–H and O–H groups in total. The van der Waals surface area contributed by atoms with E-state index in [0.29, 0.717) is 24.6 Å². The summed E-state index contributed by atoms with van der Waals surface area (Å²) in [6, 6.07) is 0. The number of halogens is 1. The average Bonchev–Trinajstić information content (AvgIpc) is 2.87. The second-order valence-corrected chi connectivity index (χ2v) is 4.06. The second kappa shape index (κ2) is 5.63. The van der Waals surface area contributed by atoms with E-state index in [2.05, 4.69) is 25.6 Å². The Hall–Kier alpha value is -1.89. The quantitative estimate of drug-likeness (QED) is 0.846. The Morgan fingerprint density at radius 1 is 1.56 bits per heavy atom. The fourth-order valence-corrected chi connectivity index (χ4v) is 1.67. The van der Waals surface area contributed by atoms with Crippen molar-refractivity contribution in [2.45, 2.75) is 26.4 Å². The van der Waals surface area contributed by atoms with Gasteiger partial charge in [-0.05, 0) is 6.42 Å². The summed E-state index contributed by atoms with van der Waals surface area (Å²) in [4.78, 5) is 15.8. The zero-order chi connectivity index (χ0) is 13.0. The van der Waals surface area contributed by atoms with Gasteiger partial charge in [0, 0.05) is 6.54 Å². The van der Waals surface area contributed by atoms with Gasteiger partial charge in [-0.1, -0.05) is 18.5 Å². The highest BCUT2D eigenvalue weighted by Crippen LogP contribution is 2.15. The van der Waals surface area contributed by atoms with Crippen molar-refractivity contribution in [2.24, 2.45) is 0 Å². The first-order valence-corrected chi connectivity index (χ1v) is 5.94. The van der Waals surface area contributed by atoms with Gasteiger partial charge in [-0.3, -0.25) is 9.89 Å². The van der Waals surface area contributed by atoms with Crippen LogP contribution in [0.2, 0.25) is 5.02 Å². The van der Waals surface area contributed by atoms with Crippen LogP contribution < -0.4 is 10.9 Å². The summed E-state index contributed by atoms with van der Waals surface area (Å²) in [6.07, 6.45) is 3.78. The summed E-state index contributed by atoms with van der Waals surface area (Å²) in [5.74, 6) is 0.656. The third-order valence-electron chi connectivity index (χ3n) is 2.33. The van der Waals surface area contributed by atoms with Crippen molar-refractivity contribution in [3.8, 4) is 0 Å². The number of aromatic amines is 1. The molecule has 2 rings (SSSR count). The first-order chi connectivity index (χ1) is 8.72. The van der Waals surface area contributed by atoms with Gasteiger partial charge in [-0.2, -0.15) is 10.2 Å². The fourth-order valence-electron chi connectivity index (χ4n) is 1.45. The van der Waals surface area contributed by atoms with Crippen molar-refractivity contribution in [1.82, 2.24) is 25.0 Å². The van der Waals surface area contributed by atoms with Gasteiger partial charge in [0.25, 0.3) is 5.56 Å². The van der Waals surface area contributed by atoms with Crippen LogP contribution in [0.15, 0.2) is 17.3 Å². The molecule has 0 atom stereocenters. The Morgan fingerprint density at radius 3 is 3.06 bits per heavy atom. The predicted octanol–water partition coefficient (Wildman–Crippen LogP) is 1.04. The molecule has 0 aliphatic carbocycles. The minimum Gasteiger partial charge on any atom is -0.375 e. The van der Waals surface area contributed by atoms with Crippen LogP contribution in [0.3, 0.4) is 0 Å². The number of anilines is 1. The minimum atomic E-state index is -0.291. The van der Waals surface area contributed by atoms with Gasteiger partial charge in [-0.25, -0.2) is 9.67 Å². The van der Waals surface area contributed by atoms with E-state index in [9.17, 15) is 4.79 Å². The van der Waals surface area contributed by atoms with Crippen molar-refractivity contribution in [3.63, 3.8) is 0 Å². The van der Waals surface area contributed by atoms with E-state index in [1.54, 1.807) is 0 Å². The molecule has 2 aromatic heterocycles. The SMILES string of the molecule is CCCn1ncc(NCc2ncn[nH]2)c(Cl)c1=O. The van der Waals surface area contributed by atoms with E-state index in [1.165, 1.54) is 17.2 Å². The largest absolute Gasteiger partial charge is 0.375 e. The lowest BCUT2D eigenvalue weighted by Crippen LogP contribution is -2.24. The van der Waals surface area contributed by atoms with Crippen molar-refractivity contribution in [1.29, 1.82) is 0 Å². The standard InChI is InChI=1S/C10H13ClN6O/c1-2-3-17-10(18)9(11)7(4-15-17)12-5-8-13-6-14-16-8/h4,6,12H,2-3,5H2,1H3,(H,13,14,16). The fraction of sp³-hybridized carbons (Fsp3) is 0.400. The number of aromatic nitrogens is 5. The first kappa shape index (κ1) is 12.6. The molecule has 7 nitrogen and oxygen atoms in total. The van der Waals surface area contributed by atoms with Crippen LogP contribution in [0.4, 0.5) is 5.69 Å². The minimum absolute atomic E-state index is 0.137. The first-order valence-electron chi connectivity index (χ1n) is 5.56. The molecule has 18 heavy (non-hydrogen) atoms. The molecule has 8 heteroatoms. The topological polar surface area (TPSA) is 88.5 Å². The third-order valence-corrected chi connectivity index (χ3v) is 2.70. The zero-order valence-corrected chi connectivity index (χ0v) is 10.6. The lowest BCUT2D eigenvalue weighted by molar-refractivity contribution is 0.568. The van der Waals surface area contributed by atoms with Gasteiger partial charge in [0.15, 0.2) is 0 Å². The zero-order valence-electron chi connectivity index (χ0n) is 9.85. The summed E-state index contributed by atoms with van der Waals surface area (Å²) in [5.41, 5.74) is 0.200. The average molecular weight is 269 g/mol. The highest BCUT2D eigenvalue weighted by Gasteiger charge is 2.08. The van der Waals surface area contributed by atoms with Gasteiger partial charge >= 0.3 is 0 Å². The lowest BCUT2D eigenvalue weighted by Gasteiger charge is -2.08. The van der Waals surface area contributed by atoms with E-state index in [4.69, 9.17) is 11.6 Å². The molecule has 0 aromatic carbocycles. The maximum Gasteiger partial charge on any atom is 0.287 e. The van der Waals surface area contributed by atoms with E-state index in [-0.39, 0.29) is 10.6 Å². The molecule has 0 spiro atoms. The Bertz CT molecular complexity index is 564. The summed E-state index contributed by atoms with van der Waals surface area (Å²) >= 11 is 5.99. The maximum atomic E-state index is 11.8. The summed E-state index contributed by atoms with van der Waals surface area (Å²) in [5, 5.41) is 13.6. The second-order valence-electron chi connectivity index (χ2n) is 3.69. The number of nitrogens with zero attached hydrogens (tertiary/aromatic N) is 4. The van der Waals surface area contributed by atoms with Crippen LogP contribution >= 0.6 is 11.6 Å². The molecular weight excluding hydrogens is 256 g/mol. The molecule has 0 bridgehead atoms. The summed E-state index contributed by atoms with van der Waals surface area (Å²) in [7, 11) is 0. The molecule has 0 amide bonds. The van der Waals surface area contributed by atoms with Gasteiger partial charge in [-0.15, -0.1) is 0 Å². The van der Waals surface area contributed by atoms with Crippen molar-refractivity contribution < 1.29 is 0 Å². The highest BCUT2D eigenvalue weighted by molar-refractivity contribution is 6.32. The van der Waals surface area contributed by atoms with E-state index in [0.717, 1.165) is 6.42 Å². The number of hydrogen-bond donors (Lipinski definition) is 2. The van der Waals surface area contributed by atoms with Crippen LogP contribution in [0, 0.1) is 0 Å². The van der Waals surface area contributed by atoms with Gasteiger partial charge < -0.3 is 5.32 Å². The van der Waals surface area contributed by atoms with Crippen molar-refractivity contribution in [2.75, 3.05) is 5.32 Å². The number of hydrogen-bond acceptors (Lipinski definition) is 5. The Labute approximate surface area is 108 Å². The summed E-state index contributed by atoms with van der Waals surface area (Å²) < 4.78 is 1.35. The number of nitrogens with one attached hydrogen (secondary N) is 2. The molecule has 0 aliphatic heterocycles. The smallest absolute Gasteiger partial charge is 0.287 e. The molecule has 0 saturated heterocycles. The third kappa shape index (κ3) is 2.67. The predicted molar refractivity (Wildman–Crippen MR) is 67.5 cm³/mol. The van der Waals surface area contributed by atoms with Gasteiger partial charge in [0.1, 0.15) is 17.2 Å². The van der Waals surface area contributed by atoms with Crippen LogP contribution in [0.5, 0.6) is 0 Å². The monoisotopic (exact) mass is 268 g/mol. The molecule has 0 unspecified atom stereocenters. The molecule has 96 valence electrons. The van der Waals surface area contributed by atoms with Gasteiger partial charge in [0.05, 0.1) is 18.4 Å². The van der Waals surface area contributed by atoms with E-state index < -0.39 is 0 Å². The Morgan fingerprint density at radius 2 is 2.39 bits per heavy atom. The Kier molecular flexibility index (Phi) is 3.93. The molecule has 0 saturated carbocycles. The maximum absolute atomic E-state index is 11.8. The number of H-pyrrole nitrogens is 1. The molecule has 2 heterocycles. The molecule has 0 aliphatic rings. The Balaban J connectivity index is 2.14. The van der Waals surface area contributed by atoms with E-state index in [1.807, 2.05) is 6.92 Å². The lowest BCUT2D eigenvalue weighted by atomic mass is 10.4. The molecular formula is C10H13ClN6O. The number of aryl methyl sites for hydroxylation is 1.